The van der Waals surface area contributed by atoms with Crippen molar-refractivity contribution in [2.75, 3.05) is 13.2 Å². The van der Waals surface area contributed by atoms with Gasteiger partial charge in [-0.25, -0.2) is 0 Å². The van der Waals surface area contributed by atoms with Crippen LogP contribution in [0.3, 0.4) is 0 Å². The fourth-order valence-corrected chi connectivity index (χ4v) is 1.28. The fourth-order valence-electron chi connectivity index (χ4n) is 1.28. The first-order valence-electron chi connectivity index (χ1n) is 4.60. The maximum Gasteiger partial charge on any atom is 0.0512 e. The summed E-state index contributed by atoms with van der Waals surface area (Å²) in [5.41, 5.74) is 0. The van der Waals surface area contributed by atoms with Crippen LogP contribution in [0, 0.1) is 5.92 Å². The summed E-state index contributed by atoms with van der Waals surface area (Å²) in [6.45, 7) is 2.10. The topological polar surface area (TPSA) is 60.7 Å². The Morgan fingerprint density at radius 1 is 0.917 bits per heavy atom. The van der Waals surface area contributed by atoms with Crippen molar-refractivity contribution in [1.29, 1.82) is 0 Å². The van der Waals surface area contributed by atoms with Crippen LogP contribution in [0.1, 0.15) is 32.6 Å². The molecule has 0 fully saturated rings. The number of aliphatic hydroxyl groups is 3. The molecule has 3 nitrogen and oxygen atoms in total. The zero-order chi connectivity index (χ0) is 9.40. The molecule has 0 aromatic carbocycles. The Balaban J connectivity index is 3.48. The lowest BCUT2D eigenvalue weighted by atomic mass is 9.95. The number of hydrogen-bond acceptors (Lipinski definition) is 3. The highest BCUT2D eigenvalue weighted by Crippen LogP contribution is 2.15. The van der Waals surface area contributed by atoms with Crippen molar-refractivity contribution in [1.82, 2.24) is 0 Å². The van der Waals surface area contributed by atoms with E-state index in [2.05, 4.69) is 0 Å². The van der Waals surface area contributed by atoms with E-state index in [1.165, 1.54) is 0 Å². The van der Waals surface area contributed by atoms with Gasteiger partial charge in [0.25, 0.3) is 0 Å². The summed E-state index contributed by atoms with van der Waals surface area (Å²) in [6, 6.07) is 0. The summed E-state index contributed by atoms with van der Waals surface area (Å²) in [4.78, 5) is 0. The molecule has 0 bridgehead atoms. The van der Waals surface area contributed by atoms with Crippen molar-refractivity contribution in [2.45, 2.75) is 38.7 Å². The predicted octanol–water partition coefficient (Wildman–Crippen LogP) is 0.528. The van der Waals surface area contributed by atoms with Crippen LogP contribution in [0.2, 0.25) is 0 Å². The fraction of sp³-hybridized carbons (Fsp3) is 1.00. The van der Waals surface area contributed by atoms with E-state index in [4.69, 9.17) is 15.3 Å². The SMILES string of the molecule is CC(O)CCC(CCO)CCO. The van der Waals surface area contributed by atoms with E-state index >= 15 is 0 Å². The lowest BCUT2D eigenvalue weighted by molar-refractivity contribution is 0.156. The molecule has 0 spiro atoms. The molecule has 0 saturated heterocycles. The molecule has 0 rings (SSSR count). The van der Waals surface area contributed by atoms with E-state index in [0.717, 1.165) is 25.7 Å². The van der Waals surface area contributed by atoms with Crippen molar-refractivity contribution in [3.05, 3.63) is 0 Å². The normalized spacial score (nSPS) is 13.8. The van der Waals surface area contributed by atoms with E-state index in [9.17, 15) is 0 Å². The van der Waals surface area contributed by atoms with Crippen molar-refractivity contribution in [2.24, 2.45) is 5.92 Å². The Kier molecular flexibility index (Phi) is 7.45. The zero-order valence-electron chi connectivity index (χ0n) is 7.74. The standard InChI is InChI=1S/C9H20O3/c1-8(12)2-3-9(4-6-10)5-7-11/h8-12H,2-7H2,1H3. The third-order valence-electron chi connectivity index (χ3n) is 2.07. The Morgan fingerprint density at radius 2 is 1.42 bits per heavy atom. The van der Waals surface area contributed by atoms with Crippen LogP contribution < -0.4 is 0 Å². The molecule has 0 heterocycles. The minimum atomic E-state index is -0.273. The van der Waals surface area contributed by atoms with Gasteiger partial charge in [0.15, 0.2) is 0 Å². The number of aliphatic hydroxyl groups excluding tert-OH is 3. The largest absolute Gasteiger partial charge is 0.396 e. The van der Waals surface area contributed by atoms with E-state index < -0.39 is 0 Å². The van der Waals surface area contributed by atoms with Crippen molar-refractivity contribution in [3.63, 3.8) is 0 Å². The molecule has 74 valence electrons. The Morgan fingerprint density at radius 3 is 1.75 bits per heavy atom. The minimum absolute atomic E-state index is 0.171. The summed E-state index contributed by atoms with van der Waals surface area (Å²) in [5, 5.41) is 26.4. The average molecular weight is 176 g/mol. The molecule has 12 heavy (non-hydrogen) atoms. The van der Waals surface area contributed by atoms with Crippen LogP contribution in [0.4, 0.5) is 0 Å². The second kappa shape index (κ2) is 7.53. The van der Waals surface area contributed by atoms with Gasteiger partial charge in [-0.05, 0) is 38.5 Å². The van der Waals surface area contributed by atoms with E-state index in [1.807, 2.05) is 0 Å². The van der Waals surface area contributed by atoms with Gasteiger partial charge in [-0.1, -0.05) is 0 Å². The monoisotopic (exact) mass is 176 g/mol. The smallest absolute Gasteiger partial charge is 0.0512 e. The molecule has 1 unspecified atom stereocenters. The summed E-state index contributed by atoms with van der Waals surface area (Å²) in [7, 11) is 0. The first-order valence-corrected chi connectivity index (χ1v) is 4.60. The second-order valence-corrected chi connectivity index (χ2v) is 3.32. The van der Waals surface area contributed by atoms with Gasteiger partial charge >= 0.3 is 0 Å². The Labute approximate surface area is 74.0 Å². The van der Waals surface area contributed by atoms with Crippen molar-refractivity contribution >= 4 is 0 Å². The van der Waals surface area contributed by atoms with E-state index in [0.29, 0.717) is 5.92 Å². The third kappa shape index (κ3) is 6.58. The van der Waals surface area contributed by atoms with Gasteiger partial charge in [0.2, 0.25) is 0 Å². The van der Waals surface area contributed by atoms with Gasteiger partial charge in [0.05, 0.1) is 6.10 Å². The van der Waals surface area contributed by atoms with E-state index in [1.54, 1.807) is 6.92 Å². The second-order valence-electron chi connectivity index (χ2n) is 3.32. The number of hydrogen-bond donors (Lipinski definition) is 3. The molecular weight excluding hydrogens is 156 g/mol. The zero-order valence-corrected chi connectivity index (χ0v) is 7.74. The average Bonchev–Trinajstić information content (AvgIpc) is 2.01. The lowest BCUT2D eigenvalue weighted by Crippen LogP contribution is -2.09. The molecule has 1 atom stereocenters. The van der Waals surface area contributed by atoms with Crippen molar-refractivity contribution in [3.8, 4) is 0 Å². The van der Waals surface area contributed by atoms with Crippen LogP contribution >= 0.6 is 0 Å². The molecule has 0 saturated carbocycles. The molecule has 0 amide bonds. The highest BCUT2D eigenvalue weighted by atomic mass is 16.3. The van der Waals surface area contributed by atoms with Crippen LogP contribution in [-0.2, 0) is 0 Å². The summed E-state index contributed by atoms with van der Waals surface area (Å²) >= 11 is 0. The minimum Gasteiger partial charge on any atom is -0.396 e. The molecule has 3 N–H and O–H groups in total. The molecule has 0 aromatic rings. The lowest BCUT2D eigenvalue weighted by Gasteiger charge is -2.14. The van der Waals surface area contributed by atoms with Gasteiger partial charge in [-0.2, -0.15) is 0 Å². The quantitative estimate of drug-likeness (QED) is 0.530. The molecular formula is C9H20O3. The van der Waals surface area contributed by atoms with Gasteiger partial charge in [-0.15, -0.1) is 0 Å². The molecule has 3 heteroatoms. The first-order chi connectivity index (χ1) is 5.70. The van der Waals surface area contributed by atoms with Crippen molar-refractivity contribution < 1.29 is 15.3 Å². The summed E-state index contributed by atoms with van der Waals surface area (Å²) in [6.07, 6.45) is 2.83. The highest BCUT2D eigenvalue weighted by Gasteiger charge is 2.08. The predicted molar refractivity (Wildman–Crippen MR) is 47.8 cm³/mol. The Hall–Kier alpha value is -0.120. The summed E-state index contributed by atoms with van der Waals surface area (Å²) in [5.74, 6) is 0.356. The van der Waals surface area contributed by atoms with Crippen LogP contribution in [0.25, 0.3) is 0 Å². The van der Waals surface area contributed by atoms with Gasteiger partial charge in [-0.3, -0.25) is 0 Å². The molecule has 0 radical (unpaired) electrons. The Bertz CT molecular complexity index is 87.8. The van der Waals surface area contributed by atoms with Gasteiger partial charge < -0.3 is 15.3 Å². The maximum absolute atomic E-state index is 9.01. The van der Waals surface area contributed by atoms with Crippen LogP contribution in [-0.4, -0.2) is 34.6 Å². The third-order valence-corrected chi connectivity index (χ3v) is 2.07. The summed E-state index contributed by atoms with van der Waals surface area (Å²) < 4.78 is 0. The maximum atomic E-state index is 9.01. The van der Waals surface area contributed by atoms with Gasteiger partial charge in [0, 0.05) is 13.2 Å². The highest BCUT2D eigenvalue weighted by molar-refractivity contribution is 4.60. The molecule has 0 aliphatic rings. The molecule has 0 aromatic heterocycles. The molecule has 0 aliphatic heterocycles. The van der Waals surface area contributed by atoms with E-state index in [-0.39, 0.29) is 19.3 Å². The van der Waals surface area contributed by atoms with Gasteiger partial charge in [0.1, 0.15) is 0 Å². The first kappa shape index (κ1) is 11.9. The van der Waals surface area contributed by atoms with Crippen LogP contribution in [0.15, 0.2) is 0 Å². The number of rotatable bonds is 7. The van der Waals surface area contributed by atoms with Crippen LogP contribution in [0.5, 0.6) is 0 Å². The molecule has 0 aliphatic carbocycles.